The van der Waals surface area contributed by atoms with Crippen molar-refractivity contribution in [2.45, 2.75) is 0 Å². The first kappa shape index (κ1) is 31.8. The van der Waals surface area contributed by atoms with Gasteiger partial charge in [0, 0.05) is 21.9 Å². The molecule has 0 aliphatic rings. The van der Waals surface area contributed by atoms with Crippen LogP contribution < -0.4 is 0 Å². The summed E-state index contributed by atoms with van der Waals surface area (Å²) in [5.41, 5.74) is 11.5. The van der Waals surface area contributed by atoms with Crippen molar-refractivity contribution in [1.29, 1.82) is 0 Å². The monoisotopic (exact) mass is 722 g/mol. The molecule has 57 heavy (non-hydrogen) atoms. The summed E-state index contributed by atoms with van der Waals surface area (Å²) < 4.78 is 6.80. The second-order valence-corrected chi connectivity index (χ2v) is 15.1. The molecule has 1 heterocycles. The van der Waals surface area contributed by atoms with Crippen LogP contribution in [0.4, 0.5) is 0 Å². The van der Waals surface area contributed by atoms with Crippen molar-refractivity contribution in [2.75, 3.05) is 0 Å². The van der Waals surface area contributed by atoms with Crippen molar-refractivity contribution in [3.8, 4) is 44.5 Å². The molecule has 1 nitrogen and oxygen atoms in total. The van der Waals surface area contributed by atoms with E-state index < -0.39 is 0 Å². The van der Waals surface area contributed by atoms with Gasteiger partial charge in [-0.3, -0.25) is 0 Å². The van der Waals surface area contributed by atoms with Crippen LogP contribution in [0, 0.1) is 0 Å². The van der Waals surface area contributed by atoms with E-state index in [9.17, 15) is 0 Å². The molecule has 0 bridgehead atoms. The second-order valence-electron chi connectivity index (χ2n) is 15.1. The number of furan rings is 1. The molecule has 0 atom stereocenters. The summed E-state index contributed by atoms with van der Waals surface area (Å²) in [7, 11) is 0. The Hall–Kier alpha value is -7.48. The van der Waals surface area contributed by atoms with Gasteiger partial charge in [0.05, 0.1) is 0 Å². The Bertz CT molecular complexity index is 3510. The minimum atomic E-state index is 0.914. The Morgan fingerprint density at radius 2 is 0.772 bits per heavy atom. The lowest BCUT2D eigenvalue weighted by Crippen LogP contribution is -1.91. The molecule has 12 rings (SSSR count). The third-order valence-electron chi connectivity index (χ3n) is 12.1. The van der Waals surface area contributed by atoms with E-state index in [0.717, 1.165) is 22.1 Å². The van der Waals surface area contributed by atoms with Crippen LogP contribution in [-0.4, -0.2) is 0 Å². The van der Waals surface area contributed by atoms with Gasteiger partial charge >= 0.3 is 0 Å². The predicted octanol–water partition coefficient (Wildman–Crippen LogP) is 16.0. The van der Waals surface area contributed by atoms with Gasteiger partial charge in [-0.25, -0.2) is 0 Å². The van der Waals surface area contributed by atoms with E-state index in [4.69, 9.17) is 4.42 Å². The average Bonchev–Trinajstić information content (AvgIpc) is 3.68. The van der Waals surface area contributed by atoms with Crippen LogP contribution in [0.15, 0.2) is 211 Å². The minimum absolute atomic E-state index is 0.914. The zero-order chi connectivity index (χ0) is 37.5. The van der Waals surface area contributed by atoms with Crippen molar-refractivity contribution < 1.29 is 4.42 Å². The molecule has 0 saturated carbocycles. The van der Waals surface area contributed by atoms with Crippen molar-refractivity contribution in [3.05, 3.63) is 206 Å². The van der Waals surface area contributed by atoms with Gasteiger partial charge in [-0.2, -0.15) is 0 Å². The van der Waals surface area contributed by atoms with Crippen LogP contribution >= 0.6 is 0 Å². The molecule has 0 spiro atoms. The number of rotatable bonds is 4. The largest absolute Gasteiger partial charge is 0.455 e. The maximum Gasteiger partial charge on any atom is 0.143 e. The van der Waals surface area contributed by atoms with E-state index in [-0.39, 0.29) is 0 Å². The van der Waals surface area contributed by atoms with Crippen molar-refractivity contribution in [3.63, 3.8) is 0 Å². The van der Waals surface area contributed by atoms with Crippen LogP contribution in [0.5, 0.6) is 0 Å². The van der Waals surface area contributed by atoms with Gasteiger partial charge in [0.25, 0.3) is 0 Å². The lowest BCUT2D eigenvalue weighted by molar-refractivity contribution is 0.670. The quantitative estimate of drug-likeness (QED) is 0.130. The van der Waals surface area contributed by atoms with Crippen LogP contribution in [0.2, 0.25) is 0 Å². The van der Waals surface area contributed by atoms with Gasteiger partial charge in [-0.05, 0) is 99.4 Å². The zero-order valence-electron chi connectivity index (χ0n) is 31.0. The predicted molar refractivity (Wildman–Crippen MR) is 243 cm³/mol. The van der Waals surface area contributed by atoms with Crippen molar-refractivity contribution >= 4 is 75.8 Å². The summed E-state index contributed by atoms with van der Waals surface area (Å²) in [4.78, 5) is 0. The second kappa shape index (κ2) is 12.5. The summed E-state index contributed by atoms with van der Waals surface area (Å²) >= 11 is 0. The summed E-state index contributed by atoms with van der Waals surface area (Å²) in [5.74, 6) is 0. The standard InChI is InChI=1S/C56H34O/c1-4-18-41-35(14-1)32-33-52-55(41)50-27-13-26-49(56(50)57-52)54-47-24-11-9-22-45(47)53(46-23-10-12-25-48(46)54)37-30-28-36(29-31-37)39-16-5-6-20-43(39)51-34-38-15-2-3-17-40(38)42-19-7-8-21-44(42)51/h1-34H. The van der Waals surface area contributed by atoms with Gasteiger partial charge in [0.2, 0.25) is 0 Å². The van der Waals surface area contributed by atoms with E-state index in [0.29, 0.717) is 0 Å². The number of fused-ring (bicyclic) bond motifs is 10. The van der Waals surface area contributed by atoms with Gasteiger partial charge in [-0.15, -0.1) is 0 Å². The Morgan fingerprint density at radius 1 is 0.263 bits per heavy atom. The van der Waals surface area contributed by atoms with E-state index in [1.54, 1.807) is 0 Å². The molecule has 0 fully saturated rings. The number of hydrogen-bond donors (Lipinski definition) is 0. The normalized spacial score (nSPS) is 11.9. The summed E-state index contributed by atoms with van der Waals surface area (Å²) in [6.07, 6.45) is 0. The van der Waals surface area contributed by atoms with Crippen molar-refractivity contribution in [1.82, 2.24) is 0 Å². The molecule has 0 saturated heterocycles. The molecule has 0 unspecified atom stereocenters. The maximum absolute atomic E-state index is 6.80. The molecule has 0 aliphatic heterocycles. The minimum Gasteiger partial charge on any atom is -0.455 e. The van der Waals surface area contributed by atoms with Gasteiger partial charge in [-0.1, -0.05) is 194 Å². The first-order valence-electron chi connectivity index (χ1n) is 19.7. The van der Waals surface area contributed by atoms with Crippen molar-refractivity contribution in [2.24, 2.45) is 0 Å². The molecular weight excluding hydrogens is 689 g/mol. The average molecular weight is 723 g/mol. The fourth-order valence-corrected chi connectivity index (χ4v) is 9.56. The smallest absolute Gasteiger partial charge is 0.143 e. The molecule has 0 radical (unpaired) electrons. The topological polar surface area (TPSA) is 13.1 Å². The lowest BCUT2D eigenvalue weighted by Gasteiger charge is -2.18. The molecule has 11 aromatic carbocycles. The first-order chi connectivity index (χ1) is 28.3. The third kappa shape index (κ3) is 4.83. The Morgan fingerprint density at radius 3 is 1.49 bits per heavy atom. The fraction of sp³-hybridized carbons (Fsp3) is 0. The molecule has 0 aliphatic carbocycles. The van der Waals surface area contributed by atoms with Gasteiger partial charge < -0.3 is 4.42 Å². The molecule has 264 valence electrons. The van der Waals surface area contributed by atoms with Gasteiger partial charge in [0.1, 0.15) is 11.2 Å². The first-order valence-corrected chi connectivity index (χ1v) is 19.7. The summed E-state index contributed by atoms with van der Waals surface area (Å²) in [5, 5.41) is 14.7. The number of benzene rings is 11. The number of hydrogen-bond acceptors (Lipinski definition) is 1. The Labute approximate surface area is 329 Å². The van der Waals surface area contributed by atoms with Crippen LogP contribution in [0.3, 0.4) is 0 Å². The maximum atomic E-state index is 6.80. The van der Waals surface area contributed by atoms with Crippen LogP contribution in [-0.2, 0) is 0 Å². The Balaban J connectivity index is 1.04. The lowest BCUT2D eigenvalue weighted by atomic mass is 9.85. The summed E-state index contributed by atoms with van der Waals surface area (Å²) in [6.45, 7) is 0. The highest BCUT2D eigenvalue weighted by Crippen LogP contribution is 2.48. The fourth-order valence-electron chi connectivity index (χ4n) is 9.56. The number of para-hydroxylation sites is 1. The highest BCUT2D eigenvalue weighted by atomic mass is 16.3. The molecule has 0 N–H and O–H groups in total. The molecule has 1 aromatic heterocycles. The highest BCUT2D eigenvalue weighted by molar-refractivity contribution is 6.26. The molecule has 1 heteroatoms. The van der Waals surface area contributed by atoms with Crippen LogP contribution in [0.1, 0.15) is 0 Å². The Kier molecular flexibility index (Phi) is 7.00. The SMILES string of the molecule is c1ccc(-c2cc3ccccc3c3ccccc23)c(-c2ccc(-c3c4ccccc4c(-c4cccc5c4oc4ccc6ccccc6c45)c4ccccc34)cc2)c1. The zero-order valence-corrected chi connectivity index (χ0v) is 31.0. The van der Waals surface area contributed by atoms with Crippen LogP contribution in [0.25, 0.3) is 120 Å². The summed E-state index contributed by atoms with van der Waals surface area (Å²) in [6, 6.07) is 75.2. The van der Waals surface area contributed by atoms with E-state index in [1.165, 1.54) is 98.2 Å². The van der Waals surface area contributed by atoms with E-state index in [2.05, 4.69) is 206 Å². The van der Waals surface area contributed by atoms with E-state index in [1.807, 2.05) is 0 Å². The van der Waals surface area contributed by atoms with E-state index >= 15 is 0 Å². The molecule has 0 amide bonds. The third-order valence-corrected chi connectivity index (χ3v) is 12.1. The molecule has 12 aromatic rings. The molecular formula is C56H34O. The highest BCUT2D eigenvalue weighted by Gasteiger charge is 2.21. The van der Waals surface area contributed by atoms with Gasteiger partial charge in [0.15, 0.2) is 0 Å².